The Labute approximate surface area is 190 Å². The molecule has 0 fully saturated rings. The highest BCUT2D eigenvalue weighted by Gasteiger charge is 2.33. The lowest BCUT2D eigenvalue weighted by Gasteiger charge is -2.21. The zero-order valence-corrected chi connectivity index (χ0v) is 17.9. The van der Waals surface area contributed by atoms with Gasteiger partial charge in [-0.15, -0.1) is 0 Å². The summed E-state index contributed by atoms with van der Waals surface area (Å²) in [6.07, 6.45) is -0.575. The number of para-hydroxylation sites is 1. The monoisotopic (exact) mass is 474 g/mol. The van der Waals surface area contributed by atoms with Gasteiger partial charge in [0.1, 0.15) is 34.7 Å². The Morgan fingerprint density at radius 1 is 1.00 bits per heavy atom. The van der Waals surface area contributed by atoms with Crippen LogP contribution in [0.25, 0.3) is 28.3 Å². The van der Waals surface area contributed by atoms with Crippen molar-refractivity contribution in [1.82, 2.24) is 9.55 Å². The van der Waals surface area contributed by atoms with Crippen LogP contribution in [0.15, 0.2) is 63.9 Å². The Balaban J connectivity index is 1.97. The average Bonchev–Trinajstić information content (AvgIpc) is 3.18. The fourth-order valence-electron chi connectivity index (χ4n) is 3.33. The van der Waals surface area contributed by atoms with Crippen molar-refractivity contribution in [3.8, 4) is 28.3 Å². The topological polar surface area (TPSA) is 88.5 Å². The first-order chi connectivity index (χ1) is 16.0. The van der Waals surface area contributed by atoms with Crippen molar-refractivity contribution in [2.24, 2.45) is 0 Å². The molecule has 0 radical (unpaired) electrons. The normalized spacial score (nSPS) is 12.7. The molecule has 0 aliphatic carbocycles. The molecule has 10 heteroatoms. The van der Waals surface area contributed by atoms with E-state index in [4.69, 9.17) is 4.42 Å². The van der Waals surface area contributed by atoms with Crippen LogP contribution in [0.5, 0.6) is 0 Å². The van der Waals surface area contributed by atoms with Crippen LogP contribution < -0.4 is 5.56 Å². The van der Waals surface area contributed by atoms with Crippen LogP contribution in [0.2, 0.25) is 0 Å². The van der Waals surface area contributed by atoms with E-state index in [9.17, 15) is 32.6 Å². The Hall–Kier alpha value is -3.76. The van der Waals surface area contributed by atoms with Crippen LogP contribution in [-0.2, 0) is 0 Å². The minimum Gasteiger partial charge on any atom is -0.437 e. The molecular formula is C24H18F4N2O4. The second-order valence-electron chi connectivity index (χ2n) is 8.11. The van der Waals surface area contributed by atoms with Crippen LogP contribution in [0.1, 0.15) is 25.8 Å². The molecule has 0 saturated heterocycles. The lowest BCUT2D eigenvalue weighted by atomic mass is 10.0. The summed E-state index contributed by atoms with van der Waals surface area (Å²) in [6.45, 7) is 2.58. The Morgan fingerprint density at radius 2 is 1.68 bits per heavy atom. The van der Waals surface area contributed by atoms with Gasteiger partial charge in [0.2, 0.25) is 5.89 Å². The SMILES string of the molecule is CC(C)(O)[C@H](O)c1nc(-c2ccc(F)cc2F)c(-c2ccc(=O)n(-c3c(F)cccc3F)c2)o1. The summed E-state index contributed by atoms with van der Waals surface area (Å²) < 4.78 is 63.1. The third-order valence-electron chi connectivity index (χ3n) is 5.08. The maximum absolute atomic E-state index is 14.6. The highest BCUT2D eigenvalue weighted by Crippen LogP contribution is 2.37. The van der Waals surface area contributed by atoms with Crippen molar-refractivity contribution in [2.75, 3.05) is 0 Å². The number of benzene rings is 2. The van der Waals surface area contributed by atoms with Gasteiger partial charge in [0, 0.05) is 29.5 Å². The van der Waals surface area contributed by atoms with Crippen molar-refractivity contribution in [1.29, 1.82) is 0 Å². The molecule has 0 bridgehead atoms. The Morgan fingerprint density at radius 3 is 2.29 bits per heavy atom. The zero-order chi connectivity index (χ0) is 24.8. The lowest BCUT2D eigenvalue weighted by molar-refractivity contribution is -0.0617. The Bertz CT molecular complexity index is 1420. The van der Waals surface area contributed by atoms with Gasteiger partial charge in [0.25, 0.3) is 5.56 Å². The number of hydrogen-bond acceptors (Lipinski definition) is 5. The van der Waals surface area contributed by atoms with Crippen molar-refractivity contribution in [3.63, 3.8) is 0 Å². The summed E-state index contributed by atoms with van der Waals surface area (Å²) in [5.74, 6) is -4.41. The van der Waals surface area contributed by atoms with Gasteiger partial charge >= 0.3 is 0 Å². The summed E-state index contributed by atoms with van der Waals surface area (Å²) in [7, 11) is 0. The highest BCUT2D eigenvalue weighted by atomic mass is 19.1. The smallest absolute Gasteiger partial charge is 0.255 e. The molecule has 0 unspecified atom stereocenters. The van der Waals surface area contributed by atoms with E-state index in [1.54, 1.807) is 0 Å². The number of rotatable bonds is 5. The third kappa shape index (κ3) is 4.25. The molecular weight excluding hydrogens is 456 g/mol. The Kier molecular flexibility index (Phi) is 5.88. The quantitative estimate of drug-likeness (QED) is 0.416. The molecule has 2 heterocycles. The van der Waals surface area contributed by atoms with E-state index in [2.05, 4.69) is 4.98 Å². The number of halogens is 4. The van der Waals surface area contributed by atoms with Gasteiger partial charge in [-0.1, -0.05) is 6.07 Å². The van der Waals surface area contributed by atoms with Crippen LogP contribution in [0.3, 0.4) is 0 Å². The summed E-state index contributed by atoms with van der Waals surface area (Å²) in [5.41, 5.74) is -3.45. The standard InChI is InChI=1S/C24H18F4N2O4/c1-24(2,33)22(32)23-29-19(14-8-7-13(25)10-17(14)28)21(34-23)12-6-9-18(31)30(11-12)20-15(26)4-3-5-16(20)27/h3-11,22,32-33H,1-2H3/t22-/m1/s1. The van der Waals surface area contributed by atoms with E-state index in [0.29, 0.717) is 10.6 Å². The number of nitrogens with zero attached hydrogens (tertiary/aromatic N) is 2. The summed E-state index contributed by atoms with van der Waals surface area (Å²) in [5, 5.41) is 20.6. The van der Waals surface area contributed by atoms with E-state index in [0.717, 1.165) is 42.6 Å². The predicted molar refractivity (Wildman–Crippen MR) is 114 cm³/mol. The van der Waals surface area contributed by atoms with Gasteiger partial charge in [-0.2, -0.15) is 0 Å². The number of hydrogen-bond donors (Lipinski definition) is 2. The van der Waals surface area contributed by atoms with Crippen LogP contribution in [0.4, 0.5) is 17.6 Å². The predicted octanol–water partition coefficient (Wildman–Crippen LogP) is 4.52. The van der Waals surface area contributed by atoms with Crippen LogP contribution >= 0.6 is 0 Å². The minimum atomic E-state index is -1.70. The molecule has 2 aromatic heterocycles. The molecule has 0 spiro atoms. The van der Waals surface area contributed by atoms with Gasteiger partial charge < -0.3 is 14.6 Å². The number of aliphatic hydroxyl groups excluding tert-OH is 1. The molecule has 6 nitrogen and oxygen atoms in total. The van der Waals surface area contributed by atoms with E-state index in [1.165, 1.54) is 19.9 Å². The number of oxazole rings is 1. The van der Waals surface area contributed by atoms with Gasteiger partial charge in [-0.3, -0.25) is 9.36 Å². The summed E-state index contributed by atoms with van der Waals surface area (Å²) in [6, 6.07) is 8.06. The van der Waals surface area contributed by atoms with Gasteiger partial charge in [0.05, 0.1) is 5.60 Å². The van der Waals surface area contributed by atoms with Crippen LogP contribution in [-0.4, -0.2) is 25.4 Å². The molecule has 0 amide bonds. The summed E-state index contributed by atoms with van der Waals surface area (Å²) >= 11 is 0. The fourth-order valence-corrected chi connectivity index (χ4v) is 3.33. The highest BCUT2D eigenvalue weighted by molar-refractivity contribution is 5.77. The third-order valence-corrected chi connectivity index (χ3v) is 5.08. The lowest BCUT2D eigenvalue weighted by Crippen LogP contribution is -2.28. The molecule has 4 rings (SSSR count). The van der Waals surface area contributed by atoms with Crippen molar-refractivity contribution >= 4 is 0 Å². The van der Waals surface area contributed by atoms with E-state index < -0.39 is 52.1 Å². The number of pyridine rings is 1. The molecule has 176 valence electrons. The maximum atomic E-state index is 14.6. The second kappa shape index (κ2) is 8.54. The first kappa shape index (κ1) is 23.4. The molecule has 0 saturated carbocycles. The summed E-state index contributed by atoms with van der Waals surface area (Å²) in [4.78, 5) is 16.5. The van der Waals surface area contributed by atoms with Gasteiger partial charge in [0.15, 0.2) is 11.9 Å². The molecule has 4 aromatic rings. The average molecular weight is 474 g/mol. The van der Waals surface area contributed by atoms with Crippen molar-refractivity contribution < 1.29 is 32.2 Å². The number of aliphatic hydroxyl groups is 2. The molecule has 0 aliphatic heterocycles. The number of aromatic nitrogens is 2. The second-order valence-corrected chi connectivity index (χ2v) is 8.11. The van der Waals surface area contributed by atoms with Crippen molar-refractivity contribution in [3.05, 3.63) is 94.2 Å². The van der Waals surface area contributed by atoms with Crippen molar-refractivity contribution in [2.45, 2.75) is 25.6 Å². The minimum absolute atomic E-state index is 0.0441. The van der Waals surface area contributed by atoms with Gasteiger partial charge in [-0.25, -0.2) is 22.5 Å². The molecule has 2 N–H and O–H groups in total. The maximum Gasteiger partial charge on any atom is 0.255 e. The molecule has 2 aromatic carbocycles. The van der Waals surface area contributed by atoms with Crippen LogP contribution in [0, 0.1) is 23.3 Å². The fraction of sp³-hybridized carbons (Fsp3) is 0.167. The van der Waals surface area contributed by atoms with E-state index in [-0.39, 0.29) is 22.6 Å². The molecule has 1 atom stereocenters. The van der Waals surface area contributed by atoms with Gasteiger partial charge in [-0.05, 0) is 44.2 Å². The largest absolute Gasteiger partial charge is 0.437 e. The first-order valence-corrected chi connectivity index (χ1v) is 10.0. The molecule has 34 heavy (non-hydrogen) atoms. The van der Waals surface area contributed by atoms with E-state index >= 15 is 0 Å². The zero-order valence-electron chi connectivity index (χ0n) is 17.9. The molecule has 0 aliphatic rings. The van der Waals surface area contributed by atoms with E-state index in [1.807, 2.05) is 0 Å². The first-order valence-electron chi connectivity index (χ1n) is 10.0.